The van der Waals surface area contributed by atoms with Crippen LogP contribution in [0, 0.1) is 22.0 Å². The summed E-state index contributed by atoms with van der Waals surface area (Å²) in [7, 11) is 1.19. The van der Waals surface area contributed by atoms with Gasteiger partial charge in [-0.05, 0) is 44.7 Å². The number of ether oxygens (including phenoxy) is 3. The zero-order valence-corrected chi connectivity index (χ0v) is 20.2. The highest BCUT2D eigenvalue weighted by Crippen LogP contribution is 2.48. The molecule has 11 nitrogen and oxygen atoms in total. The van der Waals surface area contributed by atoms with E-state index >= 15 is 0 Å². The Morgan fingerprint density at radius 2 is 1.94 bits per heavy atom. The van der Waals surface area contributed by atoms with Crippen molar-refractivity contribution in [3.63, 3.8) is 0 Å². The molecule has 2 N–H and O–H groups in total. The smallest absolute Gasteiger partial charge is 0.336 e. The van der Waals surface area contributed by atoms with Crippen molar-refractivity contribution in [1.82, 2.24) is 5.32 Å². The number of phenols is 1. The maximum atomic E-state index is 13.7. The molecule has 0 saturated heterocycles. The molecule has 0 fully saturated rings. The molecule has 11 heteroatoms. The van der Waals surface area contributed by atoms with Crippen molar-refractivity contribution < 1.29 is 38.6 Å². The summed E-state index contributed by atoms with van der Waals surface area (Å²) in [5, 5.41) is 25.2. The standard InChI is InChI=1S/C24H28N2O9/c1-6-34-16-10-13(9-15(21(16)27)26(31)32)19-18(24(30)35-7-2)12(4)25-14-8-11(3)17(23(29)33-5)22(28)20(14)19/h9-11,17,19,25,27H,6-8H2,1-5H3/t11-,17-,19-/m0/s1. The number of phenolic OH excluding ortho intramolecular Hbond substituents is 1. The molecule has 1 heterocycles. The number of benzene rings is 1. The van der Waals surface area contributed by atoms with Gasteiger partial charge in [0.15, 0.2) is 11.5 Å². The molecule has 0 saturated carbocycles. The third kappa shape index (κ3) is 4.58. The van der Waals surface area contributed by atoms with Crippen molar-refractivity contribution in [3.8, 4) is 11.5 Å². The first-order chi connectivity index (χ1) is 16.6. The average Bonchev–Trinajstić information content (AvgIpc) is 2.79. The van der Waals surface area contributed by atoms with Gasteiger partial charge in [0.2, 0.25) is 5.75 Å². The van der Waals surface area contributed by atoms with Crippen molar-refractivity contribution >= 4 is 23.4 Å². The van der Waals surface area contributed by atoms with Crippen LogP contribution in [0.15, 0.2) is 34.7 Å². The number of methoxy groups -OCH3 is 1. The number of nitrogens with one attached hydrogen (secondary N) is 1. The number of allylic oxidation sites excluding steroid dienone is 3. The number of ketones is 1. The maximum Gasteiger partial charge on any atom is 0.336 e. The summed E-state index contributed by atoms with van der Waals surface area (Å²) in [6.45, 7) is 6.83. The summed E-state index contributed by atoms with van der Waals surface area (Å²) in [6.07, 6.45) is 0.309. The zero-order chi connectivity index (χ0) is 26.0. The fourth-order valence-electron chi connectivity index (χ4n) is 4.68. The molecular formula is C24H28N2O9. The number of rotatable bonds is 7. The van der Waals surface area contributed by atoms with Gasteiger partial charge in [0.1, 0.15) is 5.92 Å². The molecular weight excluding hydrogens is 460 g/mol. The number of hydrogen-bond acceptors (Lipinski definition) is 10. The summed E-state index contributed by atoms with van der Waals surface area (Å²) in [5.74, 6) is -5.40. The summed E-state index contributed by atoms with van der Waals surface area (Å²) >= 11 is 0. The maximum absolute atomic E-state index is 13.7. The number of hydrogen-bond donors (Lipinski definition) is 2. The zero-order valence-electron chi connectivity index (χ0n) is 20.2. The second-order valence-corrected chi connectivity index (χ2v) is 8.33. The third-order valence-corrected chi connectivity index (χ3v) is 6.15. The van der Waals surface area contributed by atoms with Gasteiger partial charge in [-0.1, -0.05) is 6.92 Å². The third-order valence-electron chi connectivity index (χ3n) is 6.15. The highest BCUT2D eigenvalue weighted by Gasteiger charge is 2.47. The second kappa shape index (κ2) is 10.2. The Kier molecular flexibility index (Phi) is 7.47. The van der Waals surface area contributed by atoms with Crippen LogP contribution in [0.2, 0.25) is 0 Å². The van der Waals surface area contributed by atoms with Gasteiger partial charge < -0.3 is 24.6 Å². The summed E-state index contributed by atoms with van der Waals surface area (Å²) in [5.41, 5.74) is 0.632. The van der Waals surface area contributed by atoms with Crippen LogP contribution in [0.1, 0.15) is 45.6 Å². The molecule has 1 aliphatic heterocycles. The second-order valence-electron chi connectivity index (χ2n) is 8.33. The molecule has 0 spiro atoms. The molecule has 188 valence electrons. The Morgan fingerprint density at radius 3 is 2.51 bits per heavy atom. The first kappa shape index (κ1) is 25.7. The van der Waals surface area contributed by atoms with Crippen LogP contribution in [0.25, 0.3) is 0 Å². The van der Waals surface area contributed by atoms with Gasteiger partial charge in [0.25, 0.3) is 0 Å². The summed E-state index contributed by atoms with van der Waals surface area (Å²) in [6, 6.07) is 2.46. The van der Waals surface area contributed by atoms with Crippen LogP contribution in [0.5, 0.6) is 11.5 Å². The molecule has 1 aliphatic carbocycles. The molecule has 2 aliphatic rings. The number of nitrogens with zero attached hydrogens (tertiary/aromatic N) is 1. The monoisotopic (exact) mass is 488 g/mol. The fourth-order valence-corrected chi connectivity index (χ4v) is 4.68. The molecule has 35 heavy (non-hydrogen) atoms. The van der Waals surface area contributed by atoms with Crippen LogP contribution >= 0.6 is 0 Å². The minimum absolute atomic E-state index is 0.0595. The van der Waals surface area contributed by atoms with E-state index in [9.17, 15) is 29.6 Å². The first-order valence-electron chi connectivity index (χ1n) is 11.2. The minimum atomic E-state index is -1.11. The molecule has 0 bridgehead atoms. The van der Waals surface area contributed by atoms with E-state index in [-0.39, 0.29) is 41.6 Å². The average molecular weight is 488 g/mol. The topological polar surface area (TPSA) is 154 Å². The van der Waals surface area contributed by atoms with E-state index in [1.54, 1.807) is 27.7 Å². The normalized spacial score (nSPS) is 21.7. The van der Waals surface area contributed by atoms with Gasteiger partial charge in [-0.25, -0.2) is 4.79 Å². The Morgan fingerprint density at radius 1 is 1.26 bits per heavy atom. The number of Topliss-reactive ketones (excluding diaryl/α,β-unsaturated/α-hetero) is 1. The Labute approximate surface area is 201 Å². The van der Waals surface area contributed by atoms with Crippen molar-refractivity contribution in [2.75, 3.05) is 20.3 Å². The highest BCUT2D eigenvalue weighted by atomic mass is 16.6. The van der Waals surface area contributed by atoms with E-state index in [0.29, 0.717) is 17.8 Å². The van der Waals surface area contributed by atoms with Crippen LogP contribution in [-0.2, 0) is 23.9 Å². The van der Waals surface area contributed by atoms with E-state index < -0.39 is 45.9 Å². The van der Waals surface area contributed by atoms with Crippen LogP contribution in [0.3, 0.4) is 0 Å². The van der Waals surface area contributed by atoms with Gasteiger partial charge in [0.05, 0.1) is 30.8 Å². The van der Waals surface area contributed by atoms with Crippen LogP contribution < -0.4 is 10.1 Å². The van der Waals surface area contributed by atoms with Gasteiger partial charge in [0, 0.05) is 29.0 Å². The van der Waals surface area contributed by atoms with E-state index in [1.807, 2.05) is 0 Å². The quantitative estimate of drug-likeness (QED) is 0.253. The number of nitro groups is 1. The Bertz CT molecular complexity index is 1150. The number of carbonyl (C=O) groups is 3. The first-order valence-corrected chi connectivity index (χ1v) is 11.2. The van der Waals surface area contributed by atoms with Crippen LogP contribution in [0.4, 0.5) is 5.69 Å². The molecule has 0 aromatic heterocycles. The summed E-state index contributed by atoms with van der Waals surface area (Å²) < 4.78 is 15.5. The van der Waals surface area contributed by atoms with Gasteiger partial charge in [-0.3, -0.25) is 19.7 Å². The molecule has 0 amide bonds. The van der Waals surface area contributed by atoms with Gasteiger partial charge in [-0.2, -0.15) is 0 Å². The SMILES string of the molecule is CCOC(=O)C1=C(C)NC2=C(C(=O)[C@@H](C(=O)OC)[C@@H](C)C2)[C@H]1c1cc(OCC)c(O)c([N+](=O)[O-])c1. The predicted molar refractivity (Wildman–Crippen MR) is 122 cm³/mol. The van der Waals surface area contributed by atoms with Crippen LogP contribution in [-0.4, -0.2) is 48.1 Å². The van der Waals surface area contributed by atoms with E-state index in [2.05, 4.69) is 5.32 Å². The molecule has 3 atom stereocenters. The van der Waals surface area contributed by atoms with Gasteiger partial charge >= 0.3 is 17.6 Å². The van der Waals surface area contributed by atoms with E-state index in [4.69, 9.17) is 14.2 Å². The van der Waals surface area contributed by atoms with E-state index in [1.165, 1.54) is 13.2 Å². The minimum Gasteiger partial charge on any atom is -0.500 e. The number of carbonyl (C=O) groups excluding carboxylic acids is 3. The Balaban J connectivity index is 2.32. The Hall–Kier alpha value is -3.89. The van der Waals surface area contributed by atoms with Crippen molar-refractivity contribution in [1.29, 1.82) is 0 Å². The van der Waals surface area contributed by atoms with E-state index in [0.717, 1.165) is 6.07 Å². The number of dihydropyridines is 1. The van der Waals surface area contributed by atoms with Gasteiger partial charge in [-0.15, -0.1) is 0 Å². The highest BCUT2D eigenvalue weighted by molar-refractivity contribution is 6.12. The summed E-state index contributed by atoms with van der Waals surface area (Å²) in [4.78, 5) is 50.1. The molecule has 0 radical (unpaired) electrons. The lowest BCUT2D eigenvalue weighted by Gasteiger charge is -2.38. The molecule has 1 aromatic carbocycles. The number of nitro benzene ring substituents is 1. The number of esters is 2. The van der Waals surface area contributed by atoms with Crippen molar-refractivity contribution in [2.24, 2.45) is 11.8 Å². The molecule has 1 aromatic rings. The van der Waals surface area contributed by atoms with Crippen molar-refractivity contribution in [3.05, 3.63) is 50.4 Å². The lowest BCUT2D eigenvalue weighted by Crippen LogP contribution is -2.43. The molecule has 3 rings (SSSR count). The molecule has 0 unspecified atom stereocenters. The van der Waals surface area contributed by atoms with Crippen molar-refractivity contribution in [2.45, 2.75) is 40.0 Å². The number of aromatic hydroxyl groups is 1. The lowest BCUT2D eigenvalue weighted by atomic mass is 9.69. The lowest BCUT2D eigenvalue weighted by molar-refractivity contribution is -0.386. The largest absolute Gasteiger partial charge is 0.500 e. The fraction of sp³-hybridized carbons (Fsp3) is 0.458. The predicted octanol–water partition coefficient (Wildman–Crippen LogP) is 2.88.